The molecule has 148 valence electrons. The first-order valence-corrected chi connectivity index (χ1v) is 10.3. The fourth-order valence-corrected chi connectivity index (χ4v) is 4.98. The molecule has 3 aromatic carbocycles. The molecule has 1 aliphatic rings. The zero-order valence-corrected chi connectivity index (χ0v) is 21.4. The van der Waals surface area contributed by atoms with Crippen molar-refractivity contribution < 1.29 is 58.9 Å². The first-order chi connectivity index (χ1) is 12.3. The van der Waals surface area contributed by atoms with Gasteiger partial charge < -0.3 is 37.2 Å². The summed E-state index contributed by atoms with van der Waals surface area (Å²) in [5.41, 5.74) is 7.13. The van der Waals surface area contributed by atoms with E-state index in [4.69, 9.17) is 0 Å². The Kier molecular flexibility index (Phi) is 12.8. The minimum Gasteiger partial charge on any atom is -1.00 e. The summed E-state index contributed by atoms with van der Waals surface area (Å²) in [5.74, 6) is 0.520. The second kappa shape index (κ2) is 13.0. The average molecular weight is 494 g/mol. The zero-order chi connectivity index (χ0) is 17.2. The number of unbranched alkanes of at least 4 members (excludes halogenated alkanes) is 1. The van der Waals surface area contributed by atoms with Crippen LogP contribution in [-0.4, -0.2) is 9.52 Å². The van der Waals surface area contributed by atoms with Crippen molar-refractivity contribution in [2.24, 2.45) is 0 Å². The van der Waals surface area contributed by atoms with Gasteiger partial charge in [-0.05, 0) is 17.9 Å². The summed E-state index contributed by atoms with van der Waals surface area (Å²) in [6.07, 6.45) is 3.75. The smallest absolute Gasteiger partial charge is 1.00 e. The van der Waals surface area contributed by atoms with Gasteiger partial charge in [0, 0.05) is 0 Å². The van der Waals surface area contributed by atoms with Gasteiger partial charge in [-0.2, -0.15) is 22.9 Å². The van der Waals surface area contributed by atoms with Crippen LogP contribution < -0.4 is 47.6 Å². The molecule has 29 heavy (non-hydrogen) atoms. The Morgan fingerprint density at radius 2 is 1.55 bits per heavy atom. The first kappa shape index (κ1) is 28.5. The van der Waals surface area contributed by atoms with E-state index in [1.54, 1.807) is 0 Å². The number of halogens is 3. The van der Waals surface area contributed by atoms with Crippen LogP contribution in [0.1, 0.15) is 48.8 Å². The molecule has 4 rings (SSSR count). The molecule has 0 heterocycles. The van der Waals surface area contributed by atoms with Crippen LogP contribution in [0.4, 0.5) is 0 Å². The molecule has 0 bridgehead atoms. The number of rotatable bonds is 5. The summed E-state index contributed by atoms with van der Waals surface area (Å²) >= 11 is 0. The van der Waals surface area contributed by atoms with Crippen molar-refractivity contribution in [3.8, 4) is 11.1 Å². The molecule has 0 nitrogen and oxygen atoms in total. The van der Waals surface area contributed by atoms with Crippen molar-refractivity contribution >= 4 is 19.9 Å². The molecule has 0 saturated heterocycles. The summed E-state index contributed by atoms with van der Waals surface area (Å²) in [6, 6.07) is 26.0. The Labute approximate surface area is 211 Å². The van der Waals surface area contributed by atoms with E-state index in [1.807, 2.05) is 0 Å². The third-order valence-corrected chi connectivity index (χ3v) is 6.56. The van der Waals surface area contributed by atoms with E-state index in [9.17, 15) is 0 Å². The molecular weight excluding hydrogens is 471 g/mol. The maximum Gasteiger partial charge on any atom is 4.00 e. The molecule has 5 heteroatoms. The number of benzene rings is 3. The van der Waals surface area contributed by atoms with Gasteiger partial charge in [0.05, 0.1) is 9.52 Å². The van der Waals surface area contributed by atoms with Gasteiger partial charge in [0.15, 0.2) is 0 Å². The minimum atomic E-state index is 0. The standard InChI is InChI=1S/C24H23Si.3ClH.Ti/c1-3-4-12-20-19-13-8-9-14-21(19)22-15-17(2)24(16-23(20)22)25-18-10-6-5-7-11-18;;;;/h5-11,13-15,20H,3-4,12H2,1-2H3;3*1H;/q-1;;;;+4/p-3. The van der Waals surface area contributed by atoms with Crippen LogP contribution >= 0.6 is 0 Å². The Morgan fingerprint density at radius 3 is 2.24 bits per heavy atom. The van der Waals surface area contributed by atoms with Crippen molar-refractivity contribution in [3.63, 3.8) is 0 Å². The van der Waals surface area contributed by atoms with Gasteiger partial charge in [0.2, 0.25) is 0 Å². The topological polar surface area (TPSA) is 0 Å². The molecule has 0 aliphatic heterocycles. The normalized spacial score (nSPS) is 13.0. The third-order valence-electron chi connectivity index (χ3n) is 5.17. The average Bonchev–Trinajstić information content (AvgIpc) is 2.94. The quantitative estimate of drug-likeness (QED) is 0.250. The van der Waals surface area contributed by atoms with E-state index >= 15 is 0 Å². The van der Waals surface area contributed by atoms with Crippen molar-refractivity contribution in [2.45, 2.75) is 39.0 Å². The van der Waals surface area contributed by atoms with Crippen molar-refractivity contribution in [2.75, 3.05) is 0 Å². The second-order valence-corrected chi connectivity index (χ2v) is 8.26. The van der Waals surface area contributed by atoms with Crippen molar-refractivity contribution in [1.82, 2.24) is 0 Å². The van der Waals surface area contributed by atoms with E-state index in [1.165, 1.54) is 57.5 Å². The van der Waals surface area contributed by atoms with Gasteiger partial charge in [-0.3, -0.25) is 0 Å². The summed E-state index contributed by atoms with van der Waals surface area (Å²) in [7, 11) is 0.682. The molecule has 1 atom stereocenters. The zero-order valence-electron chi connectivity index (χ0n) is 16.6. The van der Waals surface area contributed by atoms with Gasteiger partial charge in [-0.25, -0.2) is 0 Å². The van der Waals surface area contributed by atoms with Crippen LogP contribution in [0.15, 0.2) is 60.7 Å². The molecule has 0 saturated carbocycles. The SMILES string of the molecule is CCCCC1c2[c-]c([Si]c3ccccc3)c(C)cc2-c2ccccc21.[Cl-].[Cl-].[Cl-].[Ti+4]. The van der Waals surface area contributed by atoms with Gasteiger partial charge in [0.1, 0.15) is 0 Å². The fourth-order valence-electron chi connectivity index (χ4n) is 3.87. The number of hydrogen-bond acceptors (Lipinski definition) is 0. The Bertz CT molecular complexity index is 900. The van der Waals surface area contributed by atoms with E-state index in [2.05, 4.69) is 80.6 Å². The predicted octanol–water partition coefficient (Wildman–Crippen LogP) is -4.24. The molecule has 0 spiro atoms. The first-order valence-electron chi connectivity index (χ1n) is 9.26. The largest absolute Gasteiger partial charge is 4.00 e. The number of aryl methyl sites for hydroxylation is 1. The van der Waals surface area contributed by atoms with Crippen LogP contribution in [0.25, 0.3) is 11.1 Å². The summed E-state index contributed by atoms with van der Waals surface area (Å²) in [5, 5.41) is 2.77. The van der Waals surface area contributed by atoms with Crippen LogP contribution in [0.5, 0.6) is 0 Å². The molecular formula is C24H23Cl3SiTi. The Morgan fingerprint density at radius 1 is 0.897 bits per heavy atom. The van der Waals surface area contributed by atoms with E-state index in [0.717, 1.165) is 0 Å². The number of fused-ring (bicyclic) bond motifs is 3. The molecule has 0 N–H and O–H groups in total. The third kappa shape index (κ3) is 6.00. The maximum atomic E-state index is 3.86. The second-order valence-electron chi connectivity index (χ2n) is 6.93. The van der Waals surface area contributed by atoms with Crippen LogP contribution in [0, 0.1) is 13.0 Å². The van der Waals surface area contributed by atoms with Gasteiger partial charge in [0.25, 0.3) is 0 Å². The molecule has 0 aromatic heterocycles. The van der Waals surface area contributed by atoms with E-state index < -0.39 is 0 Å². The van der Waals surface area contributed by atoms with Gasteiger partial charge in [-0.15, -0.1) is 11.1 Å². The summed E-state index contributed by atoms with van der Waals surface area (Å²) in [6.45, 7) is 4.52. The Hall–Kier alpha value is -0.539. The molecule has 1 unspecified atom stereocenters. The minimum absolute atomic E-state index is 0. The monoisotopic (exact) mass is 492 g/mol. The Balaban J connectivity index is 0.00000196. The van der Waals surface area contributed by atoms with Gasteiger partial charge >= 0.3 is 21.7 Å². The molecule has 0 fully saturated rings. The fraction of sp³-hybridized carbons (Fsp3) is 0.250. The van der Waals surface area contributed by atoms with Gasteiger partial charge in [-0.1, -0.05) is 92.0 Å². The molecule has 1 aliphatic carbocycles. The van der Waals surface area contributed by atoms with Crippen molar-refractivity contribution in [3.05, 3.63) is 83.4 Å². The molecule has 3 aromatic rings. The van der Waals surface area contributed by atoms with E-state index in [-0.39, 0.29) is 58.9 Å². The summed E-state index contributed by atoms with van der Waals surface area (Å²) in [4.78, 5) is 0. The van der Waals surface area contributed by atoms with Crippen LogP contribution in [-0.2, 0) is 21.7 Å². The van der Waals surface area contributed by atoms with Crippen LogP contribution in [0.2, 0.25) is 0 Å². The van der Waals surface area contributed by atoms with Crippen molar-refractivity contribution in [1.29, 1.82) is 0 Å². The number of hydrogen-bond donors (Lipinski definition) is 0. The van der Waals surface area contributed by atoms with Crippen LogP contribution in [0.3, 0.4) is 0 Å². The molecule has 2 radical (unpaired) electrons. The maximum absolute atomic E-state index is 3.86. The molecule has 0 amide bonds. The predicted molar refractivity (Wildman–Crippen MR) is 108 cm³/mol. The van der Waals surface area contributed by atoms with E-state index in [0.29, 0.717) is 15.4 Å². The summed E-state index contributed by atoms with van der Waals surface area (Å²) < 4.78 is 0.